The molecule has 0 spiro atoms. The van der Waals surface area contributed by atoms with Gasteiger partial charge >= 0.3 is 0 Å². The normalized spacial score (nSPS) is 14.2. The maximum atomic E-state index is 14.7. The first kappa shape index (κ1) is 24.6. The van der Waals surface area contributed by atoms with E-state index in [0.29, 0.717) is 24.9 Å². The zero-order valence-electron chi connectivity index (χ0n) is 19.3. The summed E-state index contributed by atoms with van der Waals surface area (Å²) in [5.74, 6) is -1.13. The fourth-order valence-corrected chi connectivity index (χ4v) is 5.79. The summed E-state index contributed by atoms with van der Waals surface area (Å²) in [6.07, 6.45) is 4.94. The van der Waals surface area contributed by atoms with Crippen molar-refractivity contribution in [2.45, 2.75) is 43.9 Å². The van der Waals surface area contributed by atoms with Crippen molar-refractivity contribution in [3.8, 4) is 17.6 Å². The summed E-state index contributed by atoms with van der Waals surface area (Å²) in [5.41, 5.74) is -0.144. The zero-order chi connectivity index (χ0) is 25.0. The summed E-state index contributed by atoms with van der Waals surface area (Å²) in [4.78, 5) is 17.2. The minimum absolute atomic E-state index is 0.0508. The lowest BCUT2D eigenvalue weighted by molar-refractivity contribution is 0.441. The summed E-state index contributed by atoms with van der Waals surface area (Å²) in [6, 6.07) is 8.62. The van der Waals surface area contributed by atoms with Gasteiger partial charge in [-0.2, -0.15) is 5.26 Å². The Morgan fingerprint density at radius 3 is 2.74 bits per heavy atom. The van der Waals surface area contributed by atoms with Crippen LogP contribution in [0.2, 0.25) is 0 Å². The molecule has 0 bridgehead atoms. The first-order valence-electron chi connectivity index (χ1n) is 11.4. The molecule has 35 heavy (non-hydrogen) atoms. The van der Waals surface area contributed by atoms with Crippen LogP contribution in [0.4, 0.5) is 10.1 Å². The van der Waals surface area contributed by atoms with Gasteiger partial charge in [0.2, 0.25) is 10.0 Å². The van der Waals surface area contributed by atoms with Crippen LogP contribution in [0.3, 0.4) is 0 Å². The van der Waals surface area contributed by atoms with Gasteiger partial charge in [0.05, 0.1) is 28.2 Å². The van der Waals surface area contributed by atoms with E-state index in [1.807, 2.05) is 13.1 Å². The van der Waals surface area contributed by atoms with Crippen molar-refractivity contribution in [2.24, 2.45) is 0 Å². The van der Waals surface area contributed by atoms with Gasteiger partial charge in [-0.25, -0.2) is 17.8 Å². The lowest BCUT2D eigenvalue weighted by atomic mass is 10.1. The van der Waals surface area contributed by atoms with Gasteiger partial charge in [0.1, 0.15) is 17.4 Å². The van der Waals surface area contributed by atoms with E-state index in [0.717, 1.165) is 31.9 Å². The second kappa shape index (κ2) is 10.4. The Morgan fingerprint density at radius 2 is 2.03 bits per heavy atom. The van der Waals surface area contributed by atoms with Gasteiger partial charge in [-0.05, 0) is 63.2 Å². The number of benzene rings is 2. The lowest BCUT2D eigenvalue weighted by Gasteiger charge is -2.16. The first-order valence-corrected chi connectivity index (χ1v) is 12.9. The number of nitrogens with one attached hydrogen (secondary N) is 2. The van der Waals surface area contributed by atoms with Crippen LogP contribution in [-0.4, -0.2) is 36.8 Å². The number of nitriles is 1. The largest absolute Gasteiger partial charge is 0.453 e. The number of hydrogen-bond donors (Lipinski definition) is 2. The molecule has 1 aliphatic carbocycles. The van der Waals surface area contributed by atoms with E-state index >= 15 is 0 Å². The average Bonchev–Trinajstić information content (AvgIpc) is 3.39. The monoisotopic (exact) mass is 499 g/mol. The van der Waals surface area contributed by atoms with Crippen molar-refractivity contribution in [3.05, 3.63) is 58.4 Å². The maximum Gasteiger partial charge on any atom is 0.261 e. The number of aryl methyl sites for hydroxylation is 1. The third-order valence-electron chi connectivity index (χ3n) is 6.06. The summed E-state index contributed by atoms with van der Waals surface area (Å²) in [5, 5.41) is 12.5. The van der Waals surface area contributed by atoms with Crippen molar-refractivity contribution >= 4 is 26.6 Å². The molecule has 1 aliphatic rings. The summed E-state index contributed by atoms with van der Waals surface area (Å²) in [7, 11) is -1.91. The predicted molar refractivity (Wildman–Crippen MR) is 131 cm³/mol. The van der Waals surface area contributed by atoms with Crippen molar-refractivity contribution < 1.29 is 17.5 Å². The molecule has 1 heterocycles. The van der Waals surface area contributed by atoms with Crippen LogP contribution in [0.25, 0.3) is 10.9 Å². The molecule has 2 aromatic carbocycles. The van der Waals surface area contributed by atoms with Crippen LogP contribution in [0.15, 0.2) is 41.5 Å². The molecule has 0 atom stereocenters. The van der Waals surface area contributed by atoms with E-state index in [9.17, 15) is 22.9 Å². The summed E-state index contributed by atoms with van der Waals surface area (Å²) < 4.78 is 49.8. The van der Waals surface area contributed by atoms with Crippen LogP contribution in [0.5, 0.6) is 11.5 Å². The van der Waals surface area contributed by atoms with E-state index in [-0.39, 0.29) is 27.9 Å². The van der Waals surface area contributed by atoms with Gasteiger partial charge in [0.15, 0.2) is 11.6 Å². The molecule has 1 aromatic heterocycles. The van der Waals surface area contributed by atoms with E-state index in [4.69, 9.17) is 4.74 Å². The van der Waals surface area contributed by atoms with Gasteiger partial charge in [0.25, 0.3) is 5.56 Å². The maximum absolute atomic E-state index is 14.7. The number of anilines is 1. The molecule has 0 saturated heterocycles. The van der Waals surface area contributed by atoms with Gasteiger partial charge in [-0.15, -0.1) is 0 Å². The van der Waals surface area contributed by atoms with Crippen LogP contribution in [-0.2, 0) is 16.6 Å². The Bertz CT molecular complexity index is 1440. The summed E-state index contributed by atoms with van der Waals surface area (Å²) >= 11 is 0. The highest BCUT2D eigenvalue weighted by Gasteiger charge is 2.30. The Hall–Kier alpha value is -3.49. The number of halogens is 1. The Balaban J connectivity index is 1.67. The molecule has 0 unspecified atom stereocenters. The van der Waals surface area contributed by atoms with E-state index < -0.39 is 26.8 Å². The van der Waals surface area contributed by atoms with Crippen molar-refractivity contribution in [2.75, 3.05) is 18.3 Å². The molecular weight excluding hydrogens is 473 g/mol. The molecule has 2 N–H and O–H groups in total. The Labute approximate surface area is 202 Å². The Kier molecular flexibility index (Phi) is 7.33. The Morgan fingerprint density at radius 1 is 1.26 bits per heavy atom. The number of nitrogens with zero attached hydrogens (tertiary/aromatic N) is 3. The molecule has 0 radical (unpaired) electrons. The molecule has 9 nitrogen and oxygen atoms in total. The van der Waals surface area contributed by atoms with Gasteiger partial charge < -0.3 is 10.1 Å². The topological polar surface area (TPSA) is 126 Å². The summed E-state index contributed by atoms with van der Waals surface area (Å²) in [6.45, 7) is 1.22. The van der Waals surface area contributed by atoms with Crippen LogP contribution in [0.1, 0.15) is 37.7 Å². The fourth-order valence-electron chi connectivity index (χ4n) is 4.19. The number of fused-ring (bicyclic) bond motifs is 1. The number of rotatable bonds is 9. The van der Waals surface area contributed by atoms with E-state index in [1.54, 1.807) is 6.07 Å². The second-order valence-corrected chi connectivity index (χ2v) is 10.4. The smallest absolute Gasteiger partial charge is 0.261 e. The molecular formula is C24H26FN5O4S. The molecule has 0 aliphatic heterocycles. The highest BCUT2D eigenvalue weighted by molar-refractivity contribution is 7.93. The van der Waals surface area contributed by atoms with Gasteiger partial charge in [0, 0.05) is 6.54 Å². The fraction of sp³-hybridized carbons (Fsp3) is 0.375. The number of hydrogen-bond acceptors (Lipinski definition) is 7. The molecule has 0 amide bonds. The lowest BCUT2D eigenvalue weighted by Crippen LogP contribution is -2.25. The van der Waals surface area contributed by atoms with Crippen LogP contribution >= 0.6 is 0 Å². The number of aromatic nitrogens is 2. The quantitative estimate of drug-likeness (QED) is 0.432. The predicted octanol–water partition coefficient (Wildman–Crippen LogP) is 3.49. The molecule has 1 saturated carbocycles. The van der Waals surface area contributed by atoms with Crippen molar-refractivity contribution in [1.82, 2.24) is 14.9 Å². The molecule has 11 heteroatoms. The van der Waals surface area contributed by atoms with Crippen LogP contribution in [0, 0.1) is 17.1 Å². The number of sulfonamides is 1. The average molecular weight is 500 g/mol. The van der Waals surface area contributed by atoms with Gasteiger partial charge in [-0.1, -0.05) is 12.8 Å². The minimum Gasteiger partial charge on any atom is -0.453 e. The standard InChI is InChI=1S/C24H26FN5O4S/c1-27-11-4-12-30-15-28-21-9-7-16(13-18(21)24(30)31)34-23-19(14-26)22(10-8-20(23)25)29-35(32,33)17-5-2-3-6-17/h7-10,13,15,17,27,29H,2-6,11-12H2,1H3. The van der Waals surface area contributed by atoms with E-state index in [1.165, 1.54) is 29.1 Å². The third kappa shape index (κ3) is 5.28. The van der Waals surface area contributed by atoms with E-state index in [2.05, 4.69) is 15.0 Å². The van der Waals surface area contributed by atoms with Crippen LogP contribution < -0.4 is 20.3 Å². The third-order valence-corrected chi connectivity index (χ3v) is 7.91. The minimum atomic E-state index is -3.73. The highest BCUT2D eigenvalue weighted by atomic mass is 32.2. The number of ether oxygens (including phenoxy) is 1. The molecule has 1 fully saturated rings. The zero-order valence-corrected chi connectivity index (χ0v) is 20.1. The second-order valence-electron chi connectivity index (χ2n) is 8.45. The highest BCUT2D eigenvalue weighted by Crippen LogP contribution is 2.35. The first-order chi connectivity index (χ1) is 16.8. The molecule has 4 rings (SSSR count). The molecule has 184 valence electrons. The molecule has 3 aromatic rings. The van der Waals surface area contributed by atoms with Gasteiger partial charge in [-0.3, -0.25) is 14.1 Å². The van der Waals surface area contributed by atoms with Crippen molar-refractivity contribution in [1.29, 1.82) is 5.26 Å². The SMILES string of the molecule is CNCCCn1cnc2ccc(Oc3c(F)ccc(NS(=O)(=O)C4CCCC4)c3C#N)cc2c1=O. The van der Waals surface area contributed by atoms with Crippen molar-refractivity contribution in [3.63, 3.8) is 0 Å².